The molecule has 12 rings (SSSR count). The van der Waals surface area contributed by atoms with Crippen LogP contribution in [0, 0.1) is 0 Å². The topological polar surface area (TPSA) is 390 Å². The van der Waals surface area contributed by atoms with Crippen molar-refractivity contribution in [1.29, 1.82) is 0 Å². The Labute approximate surface area is 659 Å². The molecule has 33 nitrogen and oxygen atoms in total. The van der Waals surface area contributed by atoms with Crippen molar-refractivity contribution in [3.8, 4) is 11.5 Å². The Morgan fingerprint density at radius 2 is 0.696 bits per heavy atom. The van der Waals surface area contributed by atoms with Gasteiger partial charge in [-0.15, -0.1) is 0 Å². The van der Waals surface area contributed by atoms with Gasteiger partial charge in [0.25, 0.3) is 23.6 Å². The van der Waals surface area contributed by atoms with E-state index in [0.717, 1.165) is 53.4 Å². The quantitative estimate of drug-likeness (QED) is 0.0313. The van der Waals surface area contributed by atoms with Crippen molar-refractivity contribution in [3.05, 3.63) is 203 Å². The van der Waals surface area contributed by atoms with Crippen LogP contribution in [0.5, 0.6) is 11.5 Å². The summed E-state index contributed by atoms with van der Waals surface area (Å²) < 4.78 is 123. The van der Waals surface area contributed by atoms with Gasteiger partial charge >= 0.3 is 41.8 Å². The summed E-state index contributed by atoms with van der Waals surface area (Å²) in [4.78, 5) is 157. The van der Waals surface area contributed by atoms with Gasteiger partial charge in [-0.05, 0) is 65.2 Å². The number of aliphatic hydroxyl groups is 1. The molecule has 6 aromatic rings. The lowest BCUT2D eigenvalue weighted by atomic mass is 9.93. The third-order valence-electron chi connectivity index (χ3n) is 19.4. The normalized spacial score (nSPS) is 28.3. The van der Waals surface area contributed by atoms with Crippen molar-refractivity contribution in [1.82, 2.24) is 9.80 Å². The highest BCUT2D eigenvalue weighted by Crippen LogP contribution is 2.44. The molecule has 6 aliphatic rings. The SMILES string of the molecule is COc1ccc(O[C@@H]2O[C@H](COCc3ccccc3)[C@@H](O[C@@H]3O[C@H](CO)[C@@H](OCc4ccccc4)[C@H](O[C@H]4O[C@H](COC(C)=O)[C@@H](OC(C)=O)[C@H](OC(C)=O)[C@@H]4O[C@@H]4O[C@H](COC(C)=O)[C@@H](OC(C)=O)[C@H](OC(C)=O)[C@H]4N4C(=O)c5ccccc5C4=O)[C@@H]3OC(C)=O)[C@H](OCc3ccccc3)[C@H]2N2C(=O)c3ccccc3C2=O)cc1. The summed E-state index contributed by atoms with van der Waals surface area (Å²) in [6, 6.07) is 40.7. The van der Waals surface area contributed by atoms with Crippen molar-refractivity contribution in [2.45, 2.75) is 191 Å². The largest absolute Gasteiger partial charge is 0.497 e. The fraction of sp³-hybridized carbons (Fsp3) is 0.427. The number of fused-ring (bicyclic) bond motifs is 2. The number of benzene rings is 6. The van der Waals surface area contributed by atoms with Gasteiger partial charge in [0, 0.05) is 48.5 Å². The Balaban J connectivity index is 1.04. The van der Waals surface area contributed by atoms with Crippen LogP contribution in [0.1, 0.15) is 107 Å². The molecule has 1 N–H and O–H groups in total. The zero-order valence-corrected chi connectivity index (χ0v) is 63.7. The Kier molecular flexibility index (Phi) is 27.6. The number of amides is 4. The van der Waals surface area contributed by atoms with Crippen LogP contribution in [0.2, 0.25) is 0 Å². The number of aliphatic hydroxyl groups excluding tert-OH is 1. The van der Waals surface area contributed by atoms with E-state index in [0.29, 0.717) is 27.3 Å². The second-order valence-electron chi connectivity index (χ2n) is 27.5. The van der Waals surface area contributed by atoms with E-state index in [1.54, 1.807) is 109 Å². The molecular weight excluding hydrogens is 1510 g/mol. The average molecular weight is 1600 g/mol. The Morgan fingerprint density at radius 3 is 1.16 bits per heavy atom. The van der Waals surface area contributed by atoms with Crippen LogP contribution in [0.15, 0.2) is 164 Å². The highest BCUT2D eigenvalue weighted by molar-refractivity contribution is 6.22. The van der Waals surface area contributed by atoms with E-state index in [9.17, 15) is 38.7 Å². The summed E-state index contributed by atoms with van der Waals surface area (Å²) in [6.07, 6.45) is -34.4. The van der Waals surface area contributed by atoms with Gasteiger partial charge in [0.15, 0.2) is 55.5 Å². The van der Waals surface area contributed by atoms with Crippen molar-refractivity contribution < 1.29 is 148 Å². The number of hydrogen-bond acceptors (Lipinski definition) is 31. The van der Waals surface area contributed by atoms with Gasteiger partial charge in [-0.1, -0.05) is 115 Å². The van der Waals surface area contributed by atoms with Gasteiger partial charge in [0.1, 0.15) is 85.6 Å². The number of carbonyl (C=O) groups excluding carboxylic acids is 11. The number of nitrogens with zero attached hydrogens (tertiary/aromatic N) is 2. The van der Waals surface area contributed by atoms with Crippen LogP contribution in [0.25, 0.3) is 0 Å². The lowest BCUT2D eigenvalue weighted by molar-refractivity contribution is -0.394. The first-order valence-corrected chi connectivity index (χ1v) is 36.9. The minimum absolute atomic E-state index is 0.0185. The summed E-state index contributed by atoms with van der Waals surface area (Å²) in [6.45, 7) is 3.27. The monoisotopic (exact) mass is 1590 g/mol. The molecule has 0 radical (unpaired) electrons. The lowest BCUT2D eigenvalue weighted by Crippen LogP contribution is -2.71. The van der Waals surface area contributed by atoms with Crippen molar-refractivity contribution in [2.24, 2.45) is 0 Å². The summed E-state index contributed by atoms with van der Waals surface area (Å²) in [5, 5.41) is 12.0. The molecule has 33 heteroatoms. The van der Waals surface area contributed by atoms with E-state index in [2.05, 4.69) is 0 Å². The van der Waals surface area contributed by atoms with E-state index >= 15 is 19.2 Å². The summed E-state index contributed by atoms with van der Waals surface area (Å²) in [7, 11) is 1.47. The van der Waals surface area contributed by atoms with Gasteiger partial charge in [-0.3, -0.25) is 62.5 Å². The van der Waals surface area contributed by atoms with Crippen LogP contribution in [-0.4, -0.2) is 237 Å². The fourth-order valence-electron chi connectivity index (χ4n) is 14.6. The second-order valence-corrected chi connectivity index (χ2v) is 27.5. The van der Waals surface area contributed by atoms with E-state index in [1.165, 1.54) is 43.5 Å². The first-order chi connectivity index (χ1) is 55.4. The van der Waals surface area contributed by atoms with Gasteiger partial charge in [-0.2, -0.15) is 0 Å². The number of ether oxygens (including phenoxy) is 19. The molecule has 4 fully saturated rings. The standard InChI is InChI=1S/C82H86N2O31/c1-43(86)99-41-61-67(103-45(3)88)70(105-47(5)90)64(84-77(95)57-30-20-21-31-58(57)78(84)96)80(111-61)115-74-72(106-48(6)91)68(104-46(4)89)62(42-100-44(2)87)112-82(74)114-71-65(101-38-51-24-14-10-15-25-51)59(36-85)109-81(73(71)107-49(7)92)113-66-60(40-98-37-50-22-12-9-13-23-50)110-79(108-54-34-32-53(97-8)33-35-54)63(69(66)102-39-52-26-16-11-17-27-52)83-75(93)55-28-18-19-29-56(55)76(83)94/h9-35,59-74,79-82,85H,36-42H2,1-8H3/t59-,60-,61-,62-,63-,64-,65-,66-,67-,68-,69-,70-,71+,72+,73+,74+,79-,80+,81+,82-/m1/s1. The maximum Gasteiger partial charge on any atom is 0.303 e. The molecule has 6 aliphatic heterocycles. The molecular formula is C82H86N2O31. The molecule has 0 saturated carbocycles. The lowest BCUT2D eigenvalue weighted by Gasteiger charge is -2.52. The molecule has 610 valence electrons. The summed E-state index contributed by atoms with van der Waals surface area (Å²) >= 11 is 0. The maximum absolute atomic E-state index is 15.3. The number of methoxy groups -OCH3 is 1. The van der Waals surface area contributed by atoms with Crippen LogP contribution in [-0.2, 0) is 134 Å². The molecule has 4 amide bonds. The minimum atomic E-state index is -2.31. The van der Waals surface area contributed by atoms with Crippen molar-refractivity contribution in [3.63, 3.8) is 0 Å². The number of imide groups is 2. The van der Waals surface area contributed by atoms with Gasteiger partial charge in [-0.25, -0.2) is 0 Å². The molecule has 0 unspecified atom stereocenters. The number of hydrogen-bond donors (Lipinski definition) is 1. The maximum atomic E-state index is 15.3. The zero-order chi connectivity index (χ0) is 81.7. The van der Waals surface area contributed by atoms with E-state index in [4.69, 9.17) is 90.0 Å². The molecule has 6 aromatic carbocycles. The van der Waals surface area contributed by atoms with Crippen LogP contribution >= 0.6 is 0 Å². The molecule has 20 atom stereocenters. The molecule has 115 heavy (non-hydrogen) atoms. The van der Waals surface area contributed by atoms with Crippen molar-refractivity contribution in [2.75, 3.05) is 33.5 Å². The number of rotatable bonds is 31. The summed E-state index contributed by atoms with van der Waals surface area (Å²) in [5.74, 6) is -10.2. The molecule has 4 saturated heterocycles. The first-order valence-electron chi connectivity index (χ1n) is 36.9. The molecule has 6 heterocycles. The third-order valence-corrected chi connectivity index (χ3v) is 19.4. The van der Waals surface area contributed by atoms with Gasteiger partial charge in [0.2, 0.25) is 6.29 Å². The van der Waals surface area contributed by atoms with Crippen LogP contribution < -0.4 is 9.47 Å². The van der Waals surface area contributed by atoms with E-state index in [1.807, 2.05) is 18.2 Å². The van der Waals surface area contributed by atoms with Crippen LogP contribution in [0.3, 0.4) is 0 Å². The molecule has 0 bridgehead atoms. The van der Waals surface area contributed by atoms with E-state index in [-0.39, 0.29) is 47.8 Å². The molecule has 0 aliphatic carbocycles. The first kappa shape index (κ1) is 83.5. The van der Waals surface area contributed by atoms with Crippen molar-refractivity contribution >= 4 is 65.4 Å². The minimum Gasteiger partial charge on any atom is -0.497 e. The molecule has 0 aromatic heterocycles. The fourth-order valence-corrected chi connectivity index (χ4v) is 14.6. The summed E-state index contributed by atoms with van der Waals surface area (Å²) in [5.41, 5.74) is 1.51. The average Bonchev–Trinajstić information content (AvgIpc) is 1.75. The third kappa shape index (κ3) is 19.7. The zero-order valence-electron chi connectivity index (χ0n) is 63.7. The Bertz CT molecular complexity index is 4390. The predicted octanol–water partition coefficient (Wildman–Crippen LogP) is 5.62. The van der Waals surface area contributed by atoms with E-state index < -0.39 is 215 Å². The number of esters is 7. The van der Waals surface area contributed by atoms with Gasteiger partial charge in [0.05, 0.1) is 62.4 Å². The predicted molar refractivity (Wildman–Crippen MR) is 389 cm³/mol. The van der Waals surface area contributed by atoms with Gasteiger partial charge < -0.3 is 95.1 Å². The highest BCUT2D eigenvalue weighted by Gasteiger charge is 2.64. The Hall–Kier alpha value is -11.0. The highest BCUT2D eigenvalue weighted by atomic mass is 16.8. The number of carbonyl (C=O) groups is 11. The second kappa shape index (κ2) is 38.0. The Morgan fingerprint density at radius 1 is 0.339 bits per heavy atom. The van der Waals surface area contributed by atoms with Crippen LogP contribution in [0.4, 0.5) is 0 Å². The molecule has 0 spiro atoms. The smallest absolute Gasteiger partial charge is 0.303 e.